The van der Waals surface area contributed by atoms with Gasteiger partial charge in [0.05, 0.1) is 10.2 Å². The molecule has 2 rings (SSSR count). The van der Waals surface area contributed by atoms with Crippen LogP contribution in [0.25, 0.3) is 0 Å². The van der Waals surface area contributed by atoms with Gasteiger partial charge in [-0.05, 0) is 56.5 Å². The summed E-state index contributed by atoms with van der Waals surface area (Å²) in [4.78, 5) is 0. The van der Waals surface area contributed by atoms with Crippen LogP contribution in [0, 0.1) is 12.7 Å². The molecule has 0 atom stereocenters. The molecule has 0 aliphatic heterocycles. The van der Waals surface area contributed by atoms with Gasteiger partial charge in [0.25, 0.3) is 10.0 Å². The normalized spacial score (nSPS) is 11.7. The number of sulfonamides is 1. The molecular formula is C10H9Br2FN4O2S. The first-order valence-corrected chi connectivity index (χ1v) is 8.33. The smallest absolute Gasteiger partial charge is 0.278 e. The number of halogens is 3. The molecule has 0 saturated carbocycles. The Labute approximate surface area is 131 Å². The number of anilines is 1. The summed E-state index contributed by atoms with van der Waals surface area (Å²) in [7, 11) is -2.43. The van der Waals surface area contributed by atoms with Crippen LogP contribution in [0.2, 0.25) is 0 Å². The van der Waals surface area contributed by atoms with Crippen LogP contribution in [0.1, 0.15) is 5.56 Å². The Kier molecular flexibility index (Phi) is 4.17. The molecule has 0 unspecified atom stereocenters. The minimum Gasteiger partial charge on any atom is -0.278 e. The van der Waals surface area contributed by atoms with E-state index in [1.807, 2.05) is 0 Å². The lowest BCUT2D eigenvalue weighted by atomic mass is 10.2. The van der Waals surface area contributed by atoms with Crippen LogP contribution in [0.3, 0.4) is 0 Å². The van der Waals surface area contributed by atoms with Gasteiger partial charge in [-0.3, -0.25) is 4.72 Å². The van der Waals surface area contributed by atoms with Crippen molar-refractivity contribution in [2.24, 2.45) is 7.05 Å². The molecule has 1 N–H and O–H groups in total. The predicted molar refractivity (Wildman–Crippen MR) is 78.3 cm³/mol. The summed E-state index contributed by atoms with van der Waals surface area (Å²) >= 11 is 6.04. The Bertz CT molecular complexity index is 756. The van der Waals surface area contributed by atoms with Gasteiger partial charge in [-0.25, -0.2) is 9.07 Å². The highest BCUT2D eigenvalue weighted by Gasteiger charge is 2.24. The molecule has 0 aliphatic carbocycles. The summed E-state index contributed by atoms with van der Waals surface area (Å²) < 4.78 is 41.7. The van der Waals surface area contributed by atoms with Crippen molar-refractivity contribution in [3.05, 3.63) is 32.6 Å². The van der Waals surface area contributed by atoms with Crippen molar-refractivity contribution in [1.29, 1.82) is 0 Å². The number of aryl methyl sites for hydroxylation is 2. The first-order valence-electron chi connectivity index (χ1n) is 5.26. The molecule has 6 nitrogen and oxygen atoms in total. The van der Waals surface area contributed by atoms with Crippen molar-refractivity contribution in [2.75, 3.05) is 4.72 Å². The number of nitrogens with one attached hydrogen (secondary N) is 1. The molecule has 20 heavy (non-hydrogen) atoms. The van der Waals surface area contributed by atoms with E-state index in [1.165, 1.54) is 19.2 Å². The van der Waals surface area contributed by atoms with Crippen molar-refractivity contribution in [2.45, 2.75) is 11.9 Å². The van der Waals surface area contributed by atoms with Crippen LogP contribution in [-0.4, -0.2) is 23.4 Å². The molecule has 2 aromatic rings. The van der Waals surface area contributed by atoms with Crippen molar-refractivity contribution in [1.82, 2.24) is 15.0 Å². The van der Waals surface area contributed by atoms with E-state index < -0.39 is 15.8 Å². The molecule has 1 aromatic heterocycles. The van der Waals surface area contributed by atoms with E-state index in [9.17, 15) is 12.8 Å². The Balaban J connectivity index is 2.47. The van der Waals surface area contributed by atoms with Crippen LogP contribution >= 0.6 is 31.9 Å². The van der Waals surface area contributed by atoms with Gasteiger partial charge in [-0.1, -0.05) is 5.21 Å². The fraction of sp³-hybridized carbons (Fsp3) is 0.200. The molecule has 10 heteroatoms. The summed E-state index contributed by atoms with van der Waals surface area (Å²) in [6.07, 6.45) is 0. The van der Waals surface area contributed by atoms with E-state index in [0.717, 1.165) is 4.68 Å². The second-order valence-corrected chi connectivity index (χ2v) is 7.20. The summed E-state index contributed by atoms with van der Waals surface area (Å²) in [5.74, 6) is -0.464. The average molecular weight is 428 g/mol. The van der Waals surface area contributed by atoms with Crippen LogP contribution in [-0.2, 0) is 17.1 Å². The fourth-order valence-electron chi connectivity index (χ4n) is 1.56. The number of hydrogen-bond donors (Lipinski definition) is 1. The monoisotopic (exact) mass is 426 g/mol. The van der Waals surface area contributed by atoms with Crippen molar-refractivity contribution >= 4 is 47.6 Å². The van der Waals surface area contributed by atoms with Crippen molar-refractivity contribution in [3.8, 4) is 0 Å². The molecule has 0 amide bonds. The van der Waals surface area contributed by atoms with Crippen molar-refractivity contribution in [3.63, 3.8) is 0 Å². The molecular weight excluding hydrogens is 419 g/mol. The van der Waals surface area contributed by atoms with E-state index in [0.29, 0.717) is 5.56 Å². The zero-order valence-electron chi connectivity index (χ0n) is 10.4. The van der Waals surface area contributed by atoms with Gasteiger partial charge < -0.3 is 0 Å². The number of aromatic nitrogens is 3. The van der Waals surface area contributed by atoms with E-state index in [2.05, 4.69) is 46.9 Å². The second kappa shape index (κ2) is 5.41. The van der Waals surface area contributed by atoms with E-state index in [1.54, 1.807) is 6.92 Å². The number of rotatable bonds is 3. The SMILES string of the molecule is Cc1cc(F)c(Br)cc1NS(=O)(=O)c1c(Br)nnn1C. The highest BCUT2D eigenvalue weighted by atomic mass is 79.9. The lowest BCUT2D eigenvalue weighted by Crippen LogP contribution is -2.18. The minimum atomic E-state index is -3.89. The maximum absolute atomic E-state index is 13.3. The van der Waals surface area contributed by atoms with Crippen molar-refractivity contribution < 1.29 is 12.8 Å². The quantitative estimate of drug-likeness (QED) is 0.816. The topological polar surface area (TPSA) is 76.9 Å². The molecule has 108 valence electrons. The van der Waals surface area contributed by atoms with Gasteiger partial charge in [-0.2, -0.15) is 8.42 Å². The fourth-order valence-corrected chi connectivity index (χ4v) is 4.12. The zero-order valence-corrected chi connectivity index (χ0v) is 14.3. The lowest BCUT2D eigenvalue weighted by molar-refractivity contribution is 0.578. The largest absolute Gasteiger partial charge is 0.281 e. The van der Waals surface area contributed by atoms with Crippen LogP contribution in [0.5, 0.6) is 0 Å². The minimum absolute atomic E-state index is 0.103. The number of hydrogen-bond acceptors (Lipinski definition) is 4. The molecule has 0 bridgehead atoms. The molecule has 0 fully saturated rings. The highest BCUT2D eigenvalue weighted by Crippen LogP contribution is 2.27. The average Bonchev–Trinajstić information content (AvgIpc) is 2.66. The Morgan fingerprint density at radius 3 is 2.55 bits per heavy atom. The van der Waals surface area contributed by atoms with Gasteiger partial charge >= 0.3 is 0 Å². The van der Waals surface area contributed by atoms with Gasteiger partial charge in [0.2, 0.25) is 5.03 Å². The summed E-state index contributed by atoms with van der Waals surface area (Å²) in [6.45, 7) is 1.60. The summed E-state index contributed by atoms with van der Waals surface area (Å²) in [6, 6.07) is 2.60. The Morgan fingerprint density at radius 1 is 1.35 bits per heavy atom. The molecule has 1 aromatic carbocycles. The van der Waals surface area contributed by atoms with Crippen LogP contribution < -0.4 is 4.72 Å². The van der Waals surface area contributed by atoms with E-state index in [-0.39, 0.29) is 19.8 Å². The third-order valence-electron chi connectivity index (χ3n) is 2.50. The third-order valence-corrected chi connectivity index (χ3v) is 5.36. The highest BCUT2D eigenvalue weighted by molar-refractivity contribution is 9.10. The standard InChI is InChI=1S/C10H9Br2FN4O2S/c1-5-3-7(13)6(11)4-8(5)15-20(18,19)10-9(12)14-16-17(10)2/h3-4,15H,1-2H3. The Hall–Kier alpha value is -1.00. The molecule has 1 heterocycles. The predicted octanol–water partition coefficient (Wildman–Crippen LogP) is 2.59. The molecule has 0 aliphatic rings. The summed E-state index contributed by atoms with van der Waals surface area (Å²) in [5.41, 5.74) is 0.729. The molecule has 0 spiro atoms. The zero-order chi connectivity index (χ0) is 15.1. The van der Waals surface area contributed by atoms with Gasteiger partial charge in [-0.15, -0.1) is 5.10 Å². The first-order chi connectivity index (χ1) is 9.22. The van der Waals surface area contributed by atoms with E-state index in [4.69, 9.17) is 0 Å². The number of nitrogens with zero attached hydrogens (tertiary/aromatic N) is 3. The van der Waals surface area contributed by atoms with Gasteiger partial charge in [0.15, 0.2) is 4.60 Å². The number of benzene rings is 1. The first kappa shape index (κ1) is 15.4. The van der Waals surface area contributed by atoms with Crippen LogP contribution in [0.4, 0.5) is 10.1 Å². The third kappa shape index (κ3) is 2.86. The second-order valence-electron chi connectivity index (χ2n) is 4.00. The molecule has 0 saturated heterocycles. The van der Waals surface area contributed by atoms with E-state index >= 15 is 0 Å². The Morgan fingerprint density at radius 2 is 2.00 bits per heavy atom. The maximum atomic E-state index is 13.3. The van der Waals surface area contributed by atoms with Crippen LogP contribution in [0.15, 0.2) is 26.2 Å². The van der Waals surface area contributed by atoms with Gasteiger partial charge in [0.1, 0.15) is 5.82 Å². The van der Waals surface area contributed by atoms with Gasteiger partial charge in [0, 0.05) is 7.05 Å². The molecule has 0 radical (unpaired) electrons. The maximum Gasteiger partial charge on any atom is 0.281 e. The summed E-state index contributed by atoms with van der Waals surface area (Å²) in [5, 5.41) is 7.12. The lowest BCUT2D eigenvalue weighted by Gasteiger charge is -2.11.